The van der Waals surface area contributed by atoms with Gasteiger partial charge < -0.3 is 14.5 Å². The number of pyridine rings is 2. The first-order valence-corrected chi connectivity index (χ1v) is 11.3. The molecule has 7 rings (SSSR count). The maximum atomic E-state index is 6.34. The summed E-state index contributed by atoms with van der Waals surface area (Å²) >= 11 is 0. The number of aromatic nitrogens is 3. The molecular weight excluding hydrogens is 422 g/mol. The van der Waals surface area contributed by atoms with Crippen molar-refractivity contribution in [2.75, 3.05) is 23.5 Å². The Hall–Kier alpha value is -4.58. The van der Waals surface area contributed by atoms with Crippen molar-refractivity contribution in [2.24, 2.45) is 0 Å². The minimum atomic E-state index is 0.747. The molecular formula is C28H21N5O. The molecule has 34 heavy (non-hydrogen) atoms. The summed E-state index contributed by atoms with van der Waals surface area (Å²) in [7, 11) is 2.08. The van der Waals surface area contributed by atoms with Crippen molar-refractivity contribution >= 4 is 44.5 Å². The molecule has 3 aromatic heterocycles. The number of anilines is 3. The minimum absolute atomic E-state index is 0.747. The number of benzene rings is 3. The lowest BCUT2D eigenvalue weighted by molar-refractivity contribution is 0.483. The van der Waals surface area contributed by atoms with Gasteiger partial charge in [0.05, 0.1) is 17.9 Å². The summed E-state index contributed by atoms with van der Waals surface area (Å²) in [6, 6.07) is 26.9. The number of para-hydroxylation sites is 1. The topological polar surface area (TPSA) is 45.9 Å². The highest BCUT2D eigenvalue weighted by Gasteiger charge is 2.25. The normalized spacial score (nSPS) is 13.2. The summed E-state index contributed by atoms with van der Waals surface area (Å²) in [5, 5.41) is 3.43. The smallest absolute Gasteiger partial charge is 0.158 e. The largest absolute Gasteiger partial charge is 0.457 e. The van der Waals surface area contributed by atoms with Crippen molar-refractivity contribution in [1.82, 2.24) is 14.4 Å². The van der Waals surface area contributed by atoms with Gasteiger partial charge in [-0.3, -0.25) is 4.40 Å². The molecule has 0 N–H and O–H groups in total. The lowest BCUT2D eigenvalue weighted by atomic mass is 10.1. The number of hydrogen-bond donors (Lipinski definition) is 0. The maximum absolute atomic E-state index is 6.34. The summed E-state index contributed by atoms with van der Waals surface area (Å²) in [6.45, 7) is 0.747. The number of nitrogens with zero attached hydrogens (tertiary/aromatic N) is 5. The Morgan fingerprint density at radius 3 is 2.65 bits per heavy atom. The second kappa shape index (κ2) is 7.22. The second-order valence-electron chi connectivity index (χ2n) is 8.56. The third kappa shape index (κ3) is 2.82. The summed E-state index contributed by atoms with van der Waals surface area (Å²) in [4.78, 5) is 13.6. The van der Waals surface area contributed by atoms with E-state index in [2.05, 4.69) is 85.8 Å². The van der Waals surface area contributed by atoms with Gasteiger partial charge in [0, 0.05) is 48.2 Å². The van der Waals surface area contributed by atoms with Crippen LogP contribution in [0.15, 0.2) is 97.5 Å². The molecule has 0 fully saturated rings. The van der Waals surface area contributed by atoms with Crippen LogP contribution in [0, 0.1) is 0 Å². The first kappa shape index (κ1) is 18.9. The molecule has 0 aliphatic carbocycles. The predicted octanol–water partition coefficient (Wildman–Crippen LogP) is 6.37. The van der Waals surface area contributed by atoms with E-state index in [1.165, 1.54) is 5.39 Å². The highest BCUT2D eigenvalue weighted by molar-refractivity contribution is 6.12. The molecule has 0 saturated carbocycles. The van der Waals surface area contributed by atoms with Crippen molar-refractivity contribution in [3.63, 3.8) is 0 Å². The SMILES string of the molecule is CN1CN(c2cccc(Oc3ccc4c5ccccc5n5ccnc5c4c3)c2)c2ncccc21. The van der Waals surface area contributed by atoms with Crippen LogP contribution in [0.25, 0.3) is 27.3 Å². The van der Waals surface area contributed by atoms with Gasteiger partial charge in [0.15, 0.2) is 5.82 Å². The number of imidazole rings is 1. The number of ether oxygens (including phenoxy) is 1. The van der Waals surface area contributed by atoms with E-state index in [1.807, 2.05) is 42.9 Å². The van der Waals surface area contributed by atoms with Gasteiger partial charge in [0.1, 0.15) is 17.1 Å². The van der Waals surface area contributed by atoms with E-state index >= 15 is 0 Å². The average molecular weight is 444 g/mol. The Morgan fingerprint density at radius 2 is 1.68 bits per heavy atom. The van der Waals surface area contributed by atoms with E-state index in [0.29, 0.717) is 0 Å². The molecule has 1 aliphatic rings. The fourth-order valence-corrected chi connectivity index (χ4v) is 4.92. The van der Waals surface area contributed by atoms with Gasteiger partial charge in [-0.05, 0) is 53.9 Å². The van der Waals surface area contributed by atoms with E-state index in [9.17, 15) is 0 Å². The first-order chi connectivity index (χ1) is 16.8. The molecule has 164 valence electrons. The van der Waals surface area contributed by atoms with Crippen LogP contribution < -0.4 is 14.5 Å². The van der Waals surface area contributed by atoms with Gasteiger partial charge in [0.2, 0.25) is 0 Å². The maximum Gasteiger partial charge on any atom is 0.158 e. The molecule has 0 unspecified atom stereocenters. The van der Waals surface area contributed by atoms with Gasteiger partial charge in [0.25, 0.3) is 0 Å². The third-order valence-electron chi connectivity index (χ3n) is 6.48. The van der Waals surface area contributed by atoms with Crippen LogP contribution in [0.1, 0.15) is 0 Å². The molecule has 4 heterocycles. The first-order valence-electron chi connectivity index (χ1n) is 11.3. The molecule has 6 nitrogen and oxygen atoms in total. The fraction of sp³-hybridized carbons (Fsp3) is 0.0714. The Kier molecular flexibility index (Phi) is 4.02. The van der Waals surface area contributed by atoms with E-state index in [0.717, 1.165) is 57.3 Å². The summed E-state index contributed by atoms with van der Waals surface area (Å²) in [6.07, 6.45) is 5.69. The molecule has 0 atom stereocenters. The Balaban J connectivity index is 1.29. The van der Waals surface area contributed by atoms with Crippen LogP contribution in [0.5, 0.6) is 11.5 Å². The quantitative estimate of drug-likeness (QED) is 0.297. The van der Waals surface area contributed by atoms with Gasteiger partial charge >= 0.3 is 0 Å². The number of rotatable bonds is 3. The molecule has 0 amide bonds. The highest BCUT2D eigenvalue weighted by Crippen LogP contribution is 2.39. The lowest BCUT2D eigenvalue weighted by Crippen LogP contribution is -2.24. The lowest BCUT2D eigenvalue weighted by Gasteiger charge is -2.19. The number of fused-ring (bicyclic) bond motifs is 7. The van der Waals surface area contributed by atoms with Crippen LogP contribution in [0.2, 0.25) is 0 Å². The van der Waals surface area contributed by atoms with Crippen molar-refractivity contribution in [3.05, 3.63) is 97.5 Å². The van der Waals surface area contributed by atoms with Gasteiger partial charge in [-0.1, -0.05) is 24.3 Å². The van der Waals surface area contributed by atoms with Crippen LogP contribution in [0.3, 0.4) is 0 Å². The highest BCUT2D eigenvalue weighted by atomic mass is 16.5. The molecule has 0 bridgehead atoms. The van der Waals surface area contributed by atoms with E-state index in [1.54, 1.807) is 0 Å². The molecule has 3 aromatic carbocycles. The molecule has 6 heteroatoms. The van der Waals surface area contributed by atoms with Gasteiger partial charge in [-0.2, -0.15) is 0 Å². The average Bonchev–Trinajstić information content (AvgIpc) is 3.50. The van der Waals surface area contributed by atoms with Crippen molar-refractivity contribution in [1.29, 1.82) is 0 Å². The van der Waals surface area contributed by atoms with E-state index in [-0.39, 0.29) is 0 Å². The monoisotopic (exact) mass is 443 g/mol. The summed E-state index contributed by atoms with van der Waals surface area (Å²) < 4.78 is 8.48. The Labute approximate surface area is 196 Å². The molecule has 0 saturated heterocycles. The molecule has 0 radical (unpaired) electrons. The van der Waals surface area contributed by atoms with Crippen molar-refractivity contribution in [2.45, 2.75) is 0 Å². The van der Waals surface area contributed by atoms with Gasteiger partial charge in [-0.15, -0.1) is 0 Å². The van der Waals surface area contributed by atoms with Crippen LogP contribution >= 0.6 is 0 Å². The van der Waals surface area contributed by atoms with Crippen molar-refractivity contribution in [3.8, 4) is 11.5 Å². The van der Waals surface area contributed by atoms with E-state index in [4.69, 9.17) is 4.74 Å². The van der Waals surface area contributed by atoms with Gasteiger partial charge in [-0.25, -0.2) is 9.97 Å². The Morgan fingerprint density at radius 1 is 0.765 bits per heavy atom. The number of hydrogen-bond acceptors (Lipinski definition) is 5. The Bertz CT molecular complexity index is 1710. The molecule has 6 aromatic rings. The van der Waals surface area contributed by atoms with Crippen LogP contribution in [0.4, 0.5) is 17.2 Å². The second-order valence-corrected chi connectivity index (χ2v) is 8.56. The zero-order valence-corrected chi connectivity index (χ0v) is 18.6. The molecule has 1 aliphatic heterocycles. The molecule has 0 spiro atoms. The zero-order valence-electron chi connectivity index (χ0n) is 18.6. The standard InChI is InChI=1S/C28H21N5O/c1-31-18-33(28-26(31)10-5-13-29-28)19-6-4-7-20(16-19)34-21-11-12-22-23-8-2-3-9-25(23)32-15-14-30-27(32)24(22)17-21/h2-17H,18H2,1H3. The van der Waals surface area contributed by atoms with Crippen molar-refractivity contribution < 1.29 is 4.74 Å². The zero-order chi connectivity index (χ0) is 22.6. The minimum Gasteiger partial charge on any atom is -0.457 e. The fourth-order valence-electron chi connectivity index (χ4n) is 4.92. The predicted molar refractivity (Wildman–Crippen MR) is 136 cm³/mol. The van der Waals surface area contributed by atoms with E-state index < -0.39 is 0 Å². The van der Waals surface area contributed by atoms with Crippen LogP contribution in [-0.4, -0.2) is 28.1 Å². The third-order valence-corrected chi connectivity index (χ3v) is 6.48. The summed E-state index contributed by atoms with van der Waals surface area (Å²) in [5.74, 6) is 2.52. The van der Waals surface area contributed by atoms with Crippen LogP contribution in [-0.2, 0) is 0 Å². The summed E-state index contributed by atoms with van der Waals surface area (Å²) in [5.41, 5.74) is 4.24.